The Balaban J connectivity index is 1.98. The zero-order valence-electron chi connectivity index (χ0n) is 12.7. The number of nitrogens with one attached hydrogen (secondary N) is 1. The topological polar surface area (TPSA) is 44.7 Å². The maximum absolute atomic E-state index is 9.56. The third kappa shape index (κ3) is 3.48. The minimum Gasteiger partial charge on any atom is -0.394 e. The highest BCUT2D eigenvalue weighted by Gasteiger charge is 2.38. The summed E-state index contributed by atoms with van der Waals surface area (Å²) in [6, 6.07) is 1.08. The summed E-state index contributed by atoms with van der Waals surface area (Å²) in [4.78, 5) is 2.62. The van der Waals surface area contributed by atoms with E-state index in [1.54, 1.807) is 0 Å². The van der Waals surface area contributed by atoms with Crippen molar-refractivity contribution >= 4 is 0 Å². The number of aliphatic hydroxyl groups is 1. The average molecular weight is 270 g/mol. The highest BCUT2D eigenvalue weighted by Crippen LogP contribution is 2.31. The first-order valence-electron chi connectivity index (χ1n) is 7.77. The number of hydrogen-bond donors (Lipinski definition) is 2. The summed E-state index contributed by atoms with van der Waals surface area (Å²) >= 11 is 0. The Labute approximate surface area is 117 Å². The lowest BCUT2D eigenvalue weighted by Gasteiger charge is -2.48. The van der Waals surface area contributed by atoms with Gasteiger partial charge in [0, 0.05) is 24.2 Å². The zero-order chi connectivity index (χ0) is 13.9. The van der Waals surface area contributed by atoms with Gasteiger partial charge in [0.1, 0.15) is 0 Å². The van der Waals surface area contributed by atoms with Gasteiger partial charge in [0.15, 0.2) is 0 Å². The number of hydrogen-bond acceptors (Lipinski definition) is 4. The lowest BCUT2D eigenvalue weighted by molar-refractivity contribution is -0.104. The molecule has 1 saturated heterocycles. The summed E-state index contributed by atoms with van der Waals surface area (Å²) in [6.07, 6.45) is 6.55. The number of aliphatic hydroxyl groups excluding tert-OH is 1. The van der Waals surface area contributed by atoms with Crippen molar-refractivity contribution in [3.05, 3.63) is 0 Å². The second-order valence-electron chi connectivity index (χ2n) is 6.52. The minimum atomic E-state index is -0.179. The van der Waals surface area contributed by atoms with Crippen LogP contribution in [-0.2, 0) is 4.74 Å². The highest BCUT2D eigenvalue weighted by atomic mass is 16.5. The van der Waals surface area contributed by atoms with Gasteiger partial charge in [-0.1, -0.05) is 12.8 Å². The number of ether oxygens (including phenoxy) is 1. The van der Waals surface area contributed by atoms with Gasteiger partial charge in [-0.05, 0) is 40.2 Å². The van der Waals surface area contributed by atoms with Crippen LogP contribution in [0.5, 0.6) is 0 Å². The van der Waals surface area contributed by atoms with Crippen LogP contribution in [0.1, 0.15) is 46.0 Å². The third-order valence-corrected chi connectivity index (χ3v) is 5.04. The Morgan fingerprint density at radius 2 is 2.16 bits per heavy atom. The molecular formula is C15H30N2O2. The standard InChI is InChI=1S/C15H30N2O2/c1-12(10-15(2,11-18)16-3)17-8-9-19-14-7-5-4-6-13(14)17/h12-14,16,18H,4-11H2,1-3H3. The number of likely N-dealkylation sites (N-methyl/N-ethyl adjacent to an activating group) is 1. The van der Waals surface area contributed by atoms with Gasteiger partial charge in [0.05, 0.1) is 19.3 Å². The molecule has 2 N–H and O–H groups in total. The molecule has 4 unspecified atom stereocenters. The van der Waals surface area contributed by atoms with Gasteiger partial charge in [-0.15, -0.1) is 0 Å². The van der Waals surface area contributed by atoms with Crippen LogP contribution >= 0.6 is 0 Å². The Hall–Kier alpha value is -0.160. The molecule has 1 heterocycles. The Morgan fingerprint density at radius 3 is 2.84 bits per heavy atom. The van der Waals surface area contributed by atoms with Crippen LogP contribution in [0.3, 0.4) is 0 Å². The molecule has 0 amide bonds. The molecule has 0 aromatic heterocycles. The number of rotatable bonds is 5. The van der Waals surface area contributed by atoms with Crippen LogP contribution in [0.2, 0.25) is 0 Å². The first-order valence-corrected chi connectivity index (χ1v) is 7.77. The van der Waals surface area contributed by atoms with Crippen molar-refractivity contribution in [2.45, 2.75) is 69.7 Å². The molecule has 2 rings (SSSR count). The van der Waals surface area contributed by atoms with E-state index in [9.17, 15) is 5.11 Å². The average Bonchev–Trinajstić information content (AvgIpc) is 2.46. The van der Waals surface area contributed by atoms with Gasteiger partial charge in [-0.3, -0.25) is 4.90 Å². The fourth-order valence-electron chi connectivity index (χ4n) is 3.69. The van der Waals surface area contributed by atoms with Crippen molar-refractivity contribution in [1.82, 2.24) is 10.2 Å². The molecule has 1 aliphatic carbocycles. The summed E-state index contributed by atoms with van der Waals surface area (Å²) in [5.74, 6) is 0. The Bertz CT molecular complexity index is 279. The molecule has 0 aromatic rings. The second-order valence-corrected chi connectivity index (χ2v) is 6.52. The Morgan fingerprint density at radius 1 is 1.42 bits per heavy atom. The summed E-state index contributed by atoms with van der Waals surface area (Å²) in [6.45, 7) is 6.48. The monoisotopic (exact) mass is 270 g/mol. The molecule has 4 heteroatoms. The van der Waals surface area contributed by atoms with Crippen molar-refractivity contribution in [3.63, 3.8) is 0 Å². The number of nitrogens with zero attached hydrogens (tertiary/aromatic N) is 1. The number of morpholine rings is 1. The van der Waals surface area contributed by atoms with Crippen LogP contribution in [0.4, 0.5) is 0 Å². The molecule has 19 heavy (non-hydrogen) atoms. The lowest BCUT2D eigenvalue weighted by Crippen LogP contribution is -2.58. The molecule has 0 bridgehead atoms. The van der Waals surface area contributed by atoms with Gasteiger partial charge < -0.3 is 15.2 Å². The maximum atomic E-state index is 9.56. The molecule has 0 spiro atoms. The van der Waals surface area contributed by atoms with E-state index in [-0.39, 0.29) is 12.1 Å². The van der Waals surface area contributed by atoms with E-state index in [1.165, 1.54) is 25.7 Å². The molecule has 1 saturated carbocycles. The summed E-state index contributed by atoms with van der Waals surface area (Å²) in [5, 5.41) is 12.8. The van der Waals surface area contributed by atoms with Gasteiger partial charge >= 0.3 is 0 Å². The fraction of sp³-hybridized carbons (Fsp3) is 1.00. The van der Waals surface area contributed by atoms with Crippen molar-refractivity contribution in [1.29, 1.82) is 0 Å². The van der Waals surface area contributed by atoms with Crippen LogP contribution in [0.25, 0.3) is 0 Å². The van der Waals surface area contributed by atoms with Crippen molar-refractivity contribution in [2.24, 2.45) is 0 Å². The van der Waals surface area contributed by atoms with Crippen LogP contribution in [-0.4, -0.2) is 60.5 Å². The maximum Gasteiger partial charge on any atom is 0.0731 e. The van der Waals surface area contributed by atoms with E-state index in [0.29, 0.717) is 18.2 Å². The Kier molecular flexibility index (Phi) is 5.23. The molecule has 1 aliphatic heterocycles. The molecule has 4 atom stereocenters. The molecule has 112 valence electrons. The lowest BCUT2D eigenvalue weighted by atomic mass is 9.87. The SMILES string of the molecule is CNC(C)(CO)CC(C)N1CCOC2CCCCC21. The molecule has 2 fully saturated rings. The molecule has 2 aliphatic rings. The smallest absolute Gasteiger partial charge is 0.0731 e. The van der Waals surface area contributed by atoms with Gasteiger partial charge in [0.2, 0.25) is 0 Å². The van der Waals surface area contributed by atoms with E-state index in [1.807, 2.05) is 7.05 Å². The van der Waals surface area contributed by atoms with Gasteiger partial charge in [-0.25, -0.2) is 0 Å². The normalized spacial score (nSPS) is 33.5. The van der Waals surface area contributed by atoms with Crippen LogP contribution < -0.4 is 5.32 Å². The molecular weight excluding hydrogens is 240 g/mol. The second kappa shape index (κ2) is 6.53. The van der Waals surface area contributed by atoms with Crippen molar-refractivity contribution in [3.8, 4) is 0 Å². The first kappa shape index (κ1) is 15.2. The van der Waals surface area contributed by atoms with E-state index >= 15 is 0 Å². The quantitative estimate of drug-likeness (QED) is 0.792. The van der Waals surface area contributed by atoms with Crippen LogP contribution in [0.15, 0.2) is 0 Å². The summed E-state index contributed by atoms with van der Waals surface area (Å²) in [5.41, 5.74) is -0.179. The molecule has 0 radical (unpaired) electrons. The van der Waals surface area contributed by atoms with E-state index in [0.717, 1.165) is 19.6 Å². The number of fused-ring (bicyclic) bond motifs is 1. The predicted molar refractivity (Wildman–Crippen MR) is 77.3 cm³/mol. The van der Waals surface area contributed by atoms with E-state index in [4.69, 9.17) is 4.74 Å². The van der Waals surface area contributed by atoms with Crippen molar-refractivity contribution < 1.29 is 9.84 Å². The van der Waals surface area contributed by atoms with E-state index in [2.05, 4.69) is 24.1 Å². The third-order valence-electron chi connectivity index (χ3n) is 5.04. The molecule has 0 aromatic carbocycles. The summed E-state index contributed by atoms with van der Waals surface area (Å²) in [7, 11) is 1.94. The van der Waals surface area contributed by atoms with Crippen molar-refractivity contribution in [2.75, 3.05) is 26.8 Å². The fourth-order valence-corrected chi connectivity index (χ4v) is 3.69. The highest BCUT2D eigenvalue weighted by molar-refractivity contribution is 4.93. The van der Waals surface area contributed by atoms with Crippen LogP contribution in [0, 0.1) is 0 Å². The molecule has 4 nitrogen and oxygen atoms in total. The zero-order valence-corrected chi connectivity index (χ0v) is 12.7. The van der Waals surface area contributed by atoms with Gasteiger partial charge in [-0.2, -0.15) is 0 Å². The van der Waals surface area contributed by atoms with Gasteiger partial charge in [0.25, 0.3) is 0 Å². The largest absolute Gasteiger partial charge is 0.394 e. The summed E-state index contributed by atoms with van der Waals surface area (Å²) < 4.78 is 5.94. The predicted octanol–water partition coefficient (Wildman–Crippen LogP) is 1.38. The van der Waals surface area contributed by atoms with E-state index < -0.39 is 0 Å². The first-order chi connectivity index (χ1) is 9.09. The minimum absolute atomic E-state index is 0.179.